The zero-order valence-electron chi connectivity index (χ0n) is 10.2. The van der Waals surface area contributed by atoms with Crippen LogP contribution in [-0.2, 0) is 9.84 Å². The highest BCUT2D eigenvalue weighted by Gasteiger charge is 2.15. The van der Waals surface area contributed by atoms with Gasteiger partial charge < -0.3 is 11.1 Å². The zero-order chi connectivity index (χ0) is 13.8. The molecule has 5 nitrogen and oxygen atoms in total. The van der Waals surface area contributed by atoms with E-state index in [1.807, 2.05) is 12.3 Å². The van der Waals surface area contributed by atoms with Crippen molar-refractivity contribution >= 4 is 43.6 Å². The fraction of sp³-hybridized carbons (Fsp3) is 0.500. The summed E-state index contributed by atoms with van der Waals surface area (Å²) in [6.07, 6.45) is 1.87. The molecule has 0 saturated carbocycles. The van der Waals surface area contributed by atoms with Gasteiger partial charge in [-0.1, -0.05) is 6.92 Å². The monoisotopic (exact) mass is 305 g/mol. The third-order valence-corrected chi connectivity index (χ3v) is 6.08. The Bertz CT molecular complexity index is 558. The van der Waals surface area contributed by atoms with Crippen LogP contribution in [0.4, 0.5) is 10.7 Å². The molecule has 0 aliphatic carbocycles. The Kier molecular flexibility index (Phi) is 5.31. The lowest BCUT2D eigenvalue weighted by atomic mass is 10.4. The van der Waals surface area contributed by atoms with Gasteiger partial charge in [0.25, 0.3) is 0 Å². The number of rotatable bonds is 6. The minimum Gasteiger partial charge on any atom is -0.396 e. The van der Waals surface area contributed by atoms with Gasteiger partial charge in [0.2, 0.25) is 0 Å². The second kappa shape index (κ2) is 6.31. The van der Waals surface area contributed by atoms with Gasteiger partial charge >= 0.3 is 0 Å². The molecular weight excluding hydrogens is 290 g/mol. The van der Waals surface area contributed by atoms with E-state index in [1.165, 1.54) is 23.1 Å². The summed E-state index contributed by atoms with van der Waals surface area (Å²) in [6, 6.07) is 2.03. The Morgan fingerprint density at radius 3 is 2.72 bits per heavy atom. The number of thiophene rings is 1. The Hall–Kier alpha value is -0.910. The summed E-state index contributed by atoms with van der Waals surface area (Å²) in [5.74, 6) is 0.219. The number of nitrogens with one attached hydrogen (secondary N) is 1. The van der Waals surface area contributed by atoms with Crippen molar-refractivity contribution in [2.75, 3.05) is 35.4 Å². The number of nitriles is 1. The lowest BCUT2D eigenvalue weighted by Gasteiger charge is -2.06. The molecule has 18 heavy (non-hydrogen) atoms. The minimum atomic E-state index is -2.98. The molecule has 100 valence electrons. The van der Waals surface area contributed by atoms with Gasteiger partial charge in [0.1, 0.15) is 15.9 Å². The molecule has 0 bridgehead atoms. The van der Waals surface area contributed by atoms with Crippen molar-refractivity contribution in [1.29, 1.82) is 5.26 Å². The van der Waals surface area contributed by atoms with E-state index in [0.717, 1.165) is 9.90 Å². The van der Waals surface area contributed by atoms with Crippen LogP contribution in [0.3, 0.4) is 0 Å². The first-order chi connectivity index (χ1) is 8.45. The van der Waals surface area contributed by atoms with Crippen molar-refractivity contribution in [3.8, 4) is 6.07 Å². The summed E-state index contributed by atoms with van der Waals surface area (Å²) in [6.45, 7) is 1.95. The van der Waals surface area contributed by atoms with Crippen LogP contribution < -0.4 is 11.1 Å². The molecule has 1 rings (SSSR count). The van der Waals surface area contributed by atoms with E-state index in [4.69, 9.17) is 11.0 Å². The molecule has 1 aromatic rings. The van der Waals surface area contributed by atoms with Gasteiger partial charge in [-0.2, -0.15) is 5.26 Å². The van der Waals surface area contributed by atoms with Crippen LogP contribution in [0.25, 0.3) is 0 Å². The van der Waals surface area contributed by atoms with Gasteiger partial charge in [-0.05, 0) is 6.26 Å². The smallest absolute Gasteiger partial charge is 0.151 e. The average Bonchev–Trinajstić information content (AvgIpc) is 2.65. The SMILES string of the molecule is CCS(=O)(=O)CCNc1sc(C#N)c(N)c1SC. The quantitative estimate of drug-likeness (QED) is 0.778. The fourth-order valence-electron chi connectivity index (χ4n) is 1.30. The molecule has 0 atom stereocenters. The van der Waals surface area contributed by atoms with E-state index < -0.39 is 9.84 Å². The third kappa shape index (κ3) is 3.54. The van der Waals surface area contributed by atoms with Crippen molar-refractivity contribution in [3.63, 3.8) is 0 Å². The normalized spacial score (nSPS) is 11.2. The van der Waals surface area contributed by atoms with Gasteiger partial charge in [-0.25, -0.2) is 8.42 Å². The summed E-state index contributed by atoms with van der Waals surface area (Å²) in [4.78, 5) is 1.27. The number of sulfone groups is 1. The highest BCUT2D eigenvalue weighted by Crippen LogP contribution is 2.40. The predicted octanol–water partition coefficient (Wildman–Crippen LogP) is 1.77. The van der Waals surface area contributed by atoms with E-state index in [-0.39, 0.29) is 11.5 Å². The Balaban J connectivity index is 2.77. The molecule has 0 unspecified atom stereocenters. The number of hydrogen-bond donors (Lipinski definition) is 2. The Labute approximate surface area is 115 Å². The molecular formula is C10H15N3O2S3. The molecule has 3 N–H and O–H groups in total. The van der Waals surface area contributed by atoms with E-state index in [2.05, 4.69) is 5.32 Å². The third-order valence-electron chi connectivity index (χ3n) is 2.34. The second-order valence-corrected chi connectivity index (χ2v) is 7.79. The topological polar surface area (TPSA) is 96.0 Å². The second-order valence-electron chi connectivity index (χ2n) is 3.48. The Morgan fingerprint density at radius 2 is 2.22 bits per heavy atom. The maximum Gasteiger partial charge on any atom is 0.151 e. The van der Waals surface area contributed by atoms with Crippen LogP contribution >= 0.6 is 23.1 Å². The maximum absolute atomic E-state index is 11.4. The van der Waals surface area contributed by atoms with Gasteiger partial charge in [0, 0.05) is 12.3 Å². The summed E-state index contributed by atoms with van der Waals surface area (Å²) >= 11 is 2.70. The summed E-state index contributed by atoms with van der Waals surface area (Å²) in [5.41, 5.74) is 6.29. The number of thioether (sulfide) groups is 1. The van der Waals surface area contributed by atoms with E-state index in [0.29, 0.717) is 17.1 Å². The number of nitrogen functional groups attached to an aromatic ring is 1. The molecule has 0 fully saturated rings. The average molecular weight is 305 g/mol. The van der Waals surface area contributed by atoms with Crippen molar-refractivity contribution < 1.29 is 8.42 Å². The summed E-state index contributed by atoms with van der Waals surface area (Å²) in [5, 5.41) is 12.7. The van der Waals surface area contributed by atoms with Crippen molar-refractivity contribution in [2.24, 2.45) is 0 Å². The molecule has 8 heteroatoms. The van der Waals surface area contributed by atoms with Crippen LogP contribution in [-0.4, -0.2) is 32.7 Å². The molecule has 0 radical (unpaired) electrons. The van der Waals surface area contributed by atoms with Gasteiger partial charge in [-0.15, -0.1) is 23.1 Å². The maximum atomic E-state index is 11.4. The van der Waals surface area contributed by atoms with E-state index in [1.54, 1.807) is 6.92 Å². The van der Waals surface area contributed by atoms with Crippen molar-refractivity contribution in [3.05, 3.63) is 4.88 Å². The first-order valence-electron chi connectivity index (χ1n) is 5.25. The minimum absolute atomic E-state index is 0.0804. The summed E-state index contributed by atoms with van der Waals surface area (Å²) in [7, 11) is -2.98. The van der Waals surface area contributed by atoms with Gasteiger partial charge in [0.15, 0.2) is 9.84 Å². The van der Waals surface area contributed by atoms with Crippen molar-refractivity contribution in [2.45, 2.75) is 11.8 Å². The standard InChI is InChI=1S/C10H15N3O2S3/c1-3-18(14,15)5-4-13-10-9(16-2)8(12)7(6-11)17-10/h13H,3-5,12H2,1-2H3. The van der Waals surface area contributed by atoms with Gasteiger partial charge in [0.05, 0.1) is 16.3 Å². The molecule has 0 amide bonds. The van der Waals surface area contributed by atoms with Crippen LogP contribution in [0, 0.1) is 11.3 Å². The van der Waals surface area contributed by atoms with Crippen LogP contribution in [0.1, 0.15) is 11.8 Å². The van der Waals surface area contributed by atoms with Crippen molar-refractivity contribution in [1.82, 2.24) is 0 Å². The highest BCUT2D eigenvalue weighted by molar-refractivity contribution is 7.99. The molecule has 1 heterocycles. The number of anilines is 2. The molecule has 0 aliphatic heterocycles. The molecule has 0 spiro atoms. The number of nitrogens with two attached hydrogens (primary N) is 1. The lowest BCUT2D eigenvalue weighted by molar-refractivity contribution is 0.597. The lowest BCUT2D eigenvalue weighted by Crippen LogP contribution is -2.16. The van der Waals surface area contributed by atoms with E-state index in [9.17, 15) is 8.42 Å². The van der Waals surface area contributed by atoms with E-state index >= 15 is 0 Å². The summed E-state index contributed by atoms with van der Waals surface area (Å²) < 4.78 is 22.7. The molecule has 0 aliphatic rings. The van der Waals surface area contributed by atoms with Gasteiger partial charge in [-0.3, -0.25) is 0 Å². The van der Waals surface area contributed by atoms with Crippen LogP contribution in [0.5, 0.6) is 0 Å². The predicted molar refractivity (Wildman–Crippen MR) is 78.0 cm³/mol. The first kappa shape index (κ1) is 15.1. The largest absolute Gasteiger partial charge is 0.396 e. The number of nitrogens with zero attached hydrogens (tertiary/aromatic N) is 1. The number of hydrogen-bond acceptors (Lipinski definition) is 7. The first-order valence-corrected chi connectivity index (χ1v) is 9.12. The Morgan fingerprint density at radius 1 is 1.56 bits per heavy atom. The molecule has 0 aromatic carbocycles. The zero-order valence-corrected chi connectivity index (χ0v) is 12.6. The fourth-order valence-corrected chi connectivity index (χ4v) is 3.85. The van der Waals surface area contributed by atoms with Crippen LogP contribution in [0.15, 0.2) is 4.90 Å². The highest BCUT2D eigenvalue weighted by atomic mass is 32.2. The molecule has 0 saturated heterocycles. The molecule has 1 aromatic heterocycles. The van der Waals surface area contributed by atoms with Crippen LogP contribution in [0.2, 0.25) is 0 Å².